The molecule has 3 aromatic rings. The van der Waals surface area contributed by atoms with Gasteiger partial charge in [-0.2, -0.15) is 0 Å². The van der Waals surface area contributed by atoms with Gasteiger partial charge in [0.05, 0.1) is 5.52 Å². The Kier molecular flexibility index (Phi) is 3.72. The summed E-state index contributed by atoms with van der Waals surface area (Å²) in [5.74, 6) is -0.683. The first-order valence-electron chi connectivity index (χ1n) is 6.82. The van der Waals surface area contributed by atoms with E-state index in [1.807, 2.05) is 12.1 Å². The lowest BCUT2D eigenvalue weighted by Gasteiger charge is -2.08. The molecule has 0 saturated heterocycles. The molecule has 2 aromatic carbocycles. The number of benzene rings is 2. The van der Waals surface area contributed by atoms with Gasteiger partial charge in [-0.15, -0.1) is 0 Å². The van der Waals surface area contributed by atoms with E-state index in [-0.39, 0.29) is 5.95 Å². The predicted octanol–water partition coefficient (Wildman–Crippen LogP) is 3.14. The quantitative estimate of drug-likeness (QED) is 0.728. The largest absolute Gasteiger partial charge is 0.368 e. The van der Waals surface area contributed by atoms with Crippen LogP contribution in [0.2, 0.25) is 0 Å². The van der Waals surface area contributed by atoms with Gasteiger partial charge in [0.15, 0.2) is 0 Å². The molecule has 0 radical (unpaired) electrons. The number of nitrogens with zero attached hydrogens (tertiary/aromatic N) is 2. The van der Waals surface area contributed by atoms with Crippen LogP contribution in [0.25, 0.3) is 22.0 Å². The minimum atomic E-state index is -0.454. The summed E-state index contributed by atoms with van der Waals surface area (Å²) in [6, 6.07) is 9.76. The number of rotatable bonds is 3. The van der Waals surface area contributed by atoms with Gasteiger partial charge in [0.2, 0.25) is 11.9 Å². The first-order chi connectivity index (χ1) is 11.0. The van der Waals surface area contributed by atoms with E-state index in [4.69, 9.17) is 5.73 Å². The third kappa shape index (κ3) is 3.16. The van der Waals surface area contributed by atoms with Gasteiger partial charge in [0.25, 0.3) is 0 Å². The summed E-state index contributed by atoms with van der Waals surface area (Å²) < 4.78 is 13.8. The van der Waals surface area contributed by atoms with Crippen molar-refractivity contribution in [2.45, 2.75) is 0 Å². The number of amides is 1. The van der Waals surface area contributed by atoms with Crippen LogP contribution in [0.15, 0.2) is 55.3 Å². The molecule has 0 aliphatic heterocycles. The summed E-state index contributed by atoms with van der Waals surface area (Å²) in [6.45, 7) is 3.37. The molecule has 23 heavy (non-hydrogen) atoms. The van der Waals surface area contributed by atoms with E-state index in [1.54, 1.807) is 18.3 Å². The molecule has 1 aromatic heterocycles. The van der Waals surface area contributed by atoms with Crippen molar-refractivity contribution >= 4 is 28.4 Å². The number of nitrogens with two attached hydrogens (primary N) is 1. The molecule has 3 N–H and O–H groups in total. The van der Waals surface area contributed by atoms with Gasteiger partial charge in [-0.25, -0.2) is 14.4 Å². The molecule has 0 unspecified atom stereocenters. The van der Waals surface area contributed by atoms with Crippen LogP contribution in [0.4, 0.5) is 16.0 Å². The molecule has 6 heteroatoms. The van der Waals surface area contributed by atoms with E-state index < -0.39 is 11.7 Å². The number of hydrogen-bond donors (Lipinski definition) is 2. The van der Waals surface area contributed by atoms with Gasteiger partial charge in [0.1, 0.15) is 5.82 Å². The highest BCUT2D eigenvalue weighted by Crippen LogP contribution is 2.27. The average molecular weight is 308 g/mol. The van der Waals surface area contributed by atoms with Crippen LogP contribution in [0.5, 0.6) is 0 Å². The Morgan fingerprint density at radius 3 is 2.83 bits per heavy atom. The number of carbonyl (C=O) groups excluding carboxylic acids is 1. The van der Waals surface area contributed by atoms with E-state index in [1.165, 1.54) is 12.1 Å². The fourth-order valence-corrected chi connectivity index (χ4v) is 2.24. The molecule has 5 nitrogen and oxygen atoms in total. The molecule has 1 amide bonds. The van der Waals surface area contributed by atoms with Crippen LogP contribution in [0.1, 0.15) is 0 Å². The minimum absolute atomic E-state index is 0.174. The summed E-state index contributed by atoms with van der Waals surface area (Å²) in [5, 5.41) is 3.38. The Balaban J connectivity index is 2.06. The summed E-state index contributed by atoms with van der Waals surface area (Å²) in [4.78, 5) is 19.5. The molecule has 0 saturated carbocycles. The Morgan fingerprint density at radius 2 is 2.04 bits per heavy atom. The van der Waals surface area contributed by atoms with E-state index >= 15 is 0 Å². The van der Waals surface area contributed by atoms with Gasteiger partial charge >= 0.3 is 0 Å². The number of nitrogens with one attached hydrogen (secondary N) is 1. The monoisotopic (exact) mass is 308 g/mol. The van der Waals surface area contributed by atoms with Crippen molar-refractivity contribution in [2.24, 2.45) is 0 Å². The third-order valence-electron chi connectivity index (χ3n) is 3.29. The summed E-state index contributed by atoms with van der Waals surface area (Å²) >= 11 is 0. The average Bonchev–Trinajstić information content (AvgIpc) is 2.53. The number of anilines is 2. The maximum absolute atomic E-state index is 13.8. The van der Waals surface area contributed by atoms with Crippen LogP contribution in [0, 0.1) is 5.82 Å². The zero-order valence-corrected chi connectivity index (χ0v) is 12.1. The van der Waals surface area contributed by atoms with Crippen molar-refractivity contribution in [3.05, 3.63) is 61.1 Å². The Morgan fingerprint density at radius 1 is 1.22 bits per heavy atom. The van der Waals surface area contributed by atoms with Crippen LogP contribution in [0.3, 0.4) is 0 Å². The molecular weight excluding hydrogens is 295 g/mol. The lowest BCUT2D eigenvalue weighted by atomic mass is 10.0. The third-order valence-corrected chi connectivity index (χ3v) is 3.29. The molecule has 3 rings (SSSR count). The first kappa shape index (κ1) is 14.6. The molecule has 114 valence electrons. The highest BCUT2D eigenvalue weighted by Gasteiger charge is 2.07. The number of halogens is 1. The Hall–Kier alpha value is -3.28. The molecule has 1 heterocycles. The number of aromatic nitrogens is 2. The Labute approximate surface area is 131 Å². The molecular formula is C17H13FN4O. The second-order valence-corrected chi connectivity index (χ2v) is 4.92. The molecule has 0 bridgehead atoms. The van der Waals surface area contributed by atoms with Crippen molar-refractivity contribution < 1.29 is 9.18 Å². The molecule has 0 aliphatic rings. The number of nitrogen functional groups attached to an aromatic ring is 1. The summed E-state index contributed by atoms with van der Waals surface area (Å²) in [5.41, 5.74) is 7.98. The molecule has 0 atom stereocenters. The van der Waals surface area contributed by atoms with Crippen molar-refractivity contribution in [1.82, 2.24) is 9.97 Å². The van der Waals surface area contributed by atoms with E-state index in [0.717, 1.165) is 17.0 Å². The minimum Gasteiger partial charge on any atom is -0.368 e. The fourth-order valence-electron chi connectivity index (χ4n) is 2.24. The molecule has 0 spiro atoms. The topological polar surface area (TPSA) is 80.9 Å². The van der Waals surface area contributed by atoms with Crippen molar-refractivity contribution in [1.29, 1.82) is 0 Å². The number of hydrogen-bond acceptors (Lipinski definition) is 4. The Bertz CT molecular complexity index is 924. The molecule has 0 fully saturated rings. The standard InChI is InChI=1S/C17H13FN4O/c1-2-16(23)21-14-6-12(5-13(18)8-14)10-3-4-11-9-20-17(19)22-15(11)7-10/h2-9H,1H2,(H,21,23)(H2,19,20,22). The van der Waals surface area contributed by atoms with Crippen LogP contribution in [-0.2, 0) is 4.79 Å². The maximum atomic E-state index is 13.8. The van der Waals surface area contributed by atoms with Gasteiger partial charge in [-0.1, -0.05) is 18.7 Å². The summed E-state index contributed by atoms with van der Waals surface area (Å²) in [7, 11) is 0. The predicted molar refractivity (Wildman–Crippen MR) is 88.2 cm³/mol. The van der Waals surface area contributed by atoms with E-state index in [2.05, 4.69) is 21.9 Å². The lowest BCUT2D eigenvalue weighted by molar-refractivity contribution is -0.111. The normalized spacial score (nSPS) is 10.5. The second-order valence-electron chi connectivity index (χ2n) is 4.92. The lowest BCUT2D eigenvalue weighted by Crippen LogP contribution is -2.07. The van der Waals surface area contributed by atoms with Crippen LogP contribution < -0.4 is 11.1 Å². The number of carbonyl (C=O) groups is 1. The smallest absolute Gasteiger partial charge is 0.247 e. The van der Waals surface area contributed by atoms with E-state index in [9.17, 15) is 9.18 Å². The van der Waals surface area contributed by atoms with Crippen LogP contribution >= 0.6 is 0 Å². The van der Waals surface area contributed by atoms with Crippen molar-refractivity contribution in [2.75, 3.05) is 11.1 Å². The van der Waals surface area contributed by atoms with Gasteiger partial charge in [-0.3, -0.25) is 4.79 Å². The SMILES string of the molecule is C=CC(=O)Nc1cc(F)cc(-c2ccc3cnc(N)nc3c2)c1. The summed E-state index contributed by atoms with van der Waals surface area (Å²) in [6.07, 6.45) is 2.75. The van der Waals surface area contributed by atoms with E-state index in [0.29, 0.717) is 16.8 Å². The van der Waals surface area contributed by atoms with Gasteiger partial charge < -0.3 is 11.1 Å². The first-order valence-corrected chi connectivity index (χ1v) is 6.82. The van der Waals surface area contributed by atoms with Crippen molar-refractivity contribution in [3.8, 4) is 11.1 Å². The van der Waals surface area contributed by atoms with Gasteiger partial charge in [0, 0.05) is 17.3 Å². The maximum Gasteiger partial charge on any atom is 0.247 e. The second kappa shape index (κ2) is 5.84. The highest BCUT2D eigenvalue weighted by molar-refractivity contribution is 5.99. The van der Waals surface area contributed by atoms with Crippen LogP contribution in [-0.4, -0.2) is 15.9 Å². The zero-order valence-electron chi connectivity index (χ0n) is 12.1. The molecule has 0 aliphatic carbocycles. The fraction of sp³-hybridized carbons (Fsp3) is 0. The van der Waals surface area contributed by atoms with Gasteiger partial charge in [-0.05, 0) is 41.5 Å². The number of fused-ring (bicyclic) bond motifs is 1. The highest BCUT2D eigenvalue weighted by atomic mass is 19.1. The van der Waals surface area contributed by atoms with Crippen molar-refractivity contribution in [3.63, 3.8) is 0 Å². The zero-order chi connectivity index (χ0) is 16.4.